The van der Waals surface area contributed by atoms with E-state index in [-0.39, 0.29) is 5.56 Å². The molecule has 0 unspecified atom stereocenters. The number of hydrogen-bond acceptors (Lipinski definition) is 5. The van der Waals surface area contributed by atoms with Gasteiger partial charge in [0, 0.05) is 26.7 Å². The summed E-state index contributed by atoms with van der Waals surface area (Å²) in [5.74, 6) is 0.683. The number of fused-ring (bicyclic) bond motifs is 1. The zero-order chi connectivity index (χ0) is 13.2. The molecule has 102 valence electrons. The first-order valence-corrected chi connectivity index (χ1v) is 6.45. The summed E-state index contributed by atoms with van der Waals surface area (Å²) in [5.41, 5.74) is 0.504. The first-order valence-electron chi connectivity index (χ1n) is 6.45. The third-order valence-electron chi connectivity index (χ3n) is 3.34. The molecule has 0 atom stereocenters. The third-order valence-corrected chi connectivity index (χ3v) is 3.34. The Hall–Kier alpha value is -1.73. The van der Waals surface area contributed by atoms with Crippen LogP contribution < -0.4 is 5.56 Å². The van der Waals surface area contributed by atoms with E-state index in [0.717, 1.165) is 32.7 Å². The maximum absolute atomic E-state index is 11.9. The van der Waals surface area contributed by atoms with E-state index in [1.54, 1.807) is 17.9 Å². The molecule has 0 aromatic carbocycles. The van der Waals surface area contributed by atoms with Crippen molar-refractivity contribution in [2.75, 3.05) is 26.3 Å². The summed E-state index contributed by atoms with van der Waals surface area (Å²) >= 11 is 0. The summed E-state index contributed by atoms with van der Waals surface area (Å²) < 4.78 is 7.04. The van der Waals surface area contributed by atoms with Crippen LogP contribution in [0.3, 0.4) is 0 Å². The fourth-order valence-corrected chi connectivity index (χ4v) is 2.32. The van der Waals surface area contributed by atoms with Crippen molar-refractivity contribution in [2.45, 2.75) is 13.0 Å². The lowest BCUT2D eigenvalue weighted by Crippen LogP contribution is -2.28. The highest BCUT2D eigenvalue weighted by Gasteiger charge is 2.13. The normalized spacial score (nSPS) is 17.7. The molecular weight excluding hydrogens is 246 g/mol. The van der Waals surface area contributed by atoms with Crippen molar-refractivity contribution in [1.82, 2.24) is 24.6 Å². The maximum atomic E-state index is 11.9. The molecule has 2 aromatic rings. The maximum Gasteiger partial charge on any atom is 0.262 e. The standard InChI is InChI=1S/C12H17N5O2/c1-16-11-9(7-13-16)12(18)15-10(14-11)8-17-3-2-5-19-6-4-17/h7H,2-6,8H2,1H3,(H,14,15,18). The van der Waals surface area contributed by atoms with Gasteiger partial charge in [-0.25, -0.2) is 4.98 Å². The number of hydrogen-bond donors (Lipinski definition) is 1. The Balaban J connectivity index is 1.88. The van der Waals surface area contributed by atoms with E-state index < -0.39 is 0 Å². The van der Waals surface area contributed by atoms with Crippen molar-refractivity contribution in [3.8, 4) is 0 Å². The van der Waals surface area contributed by atoms with Crippen LogP contribution in [0.1, 0.15) is 12.2 Å². The minimum Gasteiger partial charge on any atom is -0.380 e. The highest BCUT2D eigenvalue weighted by Crippen LogP contribution is 2.07. The molecule has 0 amide bonds. The van der Waals surface area contributed by atoms with Crippen LogP contribution in [0.25, 0.3) is 11.0 Å². The van der Waals surface area contributed by atoms with Gasteiger partial charge in [0.2, 0.25) is 0 Å². The Morgan fingerprint density at radius 2 is 2.32 bits per heavy atom. The molecule has 1 saturated heterocycles. The van der Waals surface area contributed by atoms with Gasteiger partial charge in [-0.05, 0) is 6.42 Å². The molecule has 0 bridgehead atoms. The summed E-state index contributed by atoms with van der Waals surface area (Å²) in [5, 5.41) is 4.59. The smallest absolute Gasteiger partial charge is 0.262 e. The average molecular weight is 263 g/mol. The van der Waals surface area contributed by atoms with Crippen molar-refractivity contribution in [2.24, 2.45) is 7.05 Å². The first-order chi connectivity index (χ1) is 9.24. The molecule has 0 saturated carbocycles. The van der Waals surface area contributed by atoms with E-state index in [2.05, 4.69) is 20.0 Å². The molecule has 0 spiro atoms. The second-order valence-electron chi connectivity index (χ2n) is 4.76. The molecule has 0 radical (unpaired) electrons. The van der Waals surface area contributed by atoms with Gasteiger partial charge in [0.15, 0.2) is 5.65 Å². The van der Waals surface area contributed by atoms with Crippen LogP contribution in [-0.4, -0.2) is 51.0 Å². The number of H-pyrrole nitrogens is 1. The zero-order valence-electron chi connectivity index (χ0n) is 10.9. The number of nitrogens with one attached hydrogen (secondary N) is 1. The molecule has 1 fully saturated rings. The first kappa shape index (κ1) is 12.3. The van der Waals surface area contributed by atoms with Gasteiger partial charge in [-0.2, -0.15) is 5.10 Å². The van der Waals surface area contributed by atoms with Crippen molar-refractivity contribution in [3.63, 3.8) is 0 Å². The Labute approximate surface area is 110 Å². The van der Waals surface area contributed by atoms with Crippen molar-refractivity contribution in [1.29, 1.82) is 0 Å². The molecular formula is C12H17N5O2. The highest BCUT2D eigenvalue weighted by atomic mass is 16.5. The second-order valence-corrected chi connectivity index (χ2v) is 4.76. The van der Waals surface area contributed by atoms with Gasteiger partial charge in [-0.15, -0.1) is 0 Å². The van der Waals surface area contributed by atoms with Crippen LogP contribution in [0.5, 0.6) is 0 Å². The molecule has 1 aliphatic heterocycles. The third kappa shape index (κ3) is 2.52. The Morgan fingerprint density at radius 3 is 3.21 bits per heavy atom. The fraction of sp³-hybridized carbons (Fsp3) is 0.583. The second kappa shape index (κ2) is 5.10. The number of aromatic nitrogens is 4. The van der Waals surface area contributed by atoms with Gasteiger partial charge in [0.05, 0.1) is 19.3 Å². The summed E-state index contributed by atoms with van der Waals surface area (Å²) in [4.78, 5) is 21.5. The summed E-state index contributed by atoms with van der Waals surface area (Å²) in [6.07, 6.45) is 2.56. The minimum atomic E-state index is -0.126. The topological polar surface area (TPSA) is 76.0 Å². The number of nitrogens with zero attached hydrogens (tertiary/aromatic N) is 4. The average Bonchev–Trinajstić information content (AvgIpc) is 2.62. The number of ether oxygens (including phenoxy) is 1. The van der Waals surface area contributed by atoms with Crippen LogP contribution in [-0.2, 0) is 18.3 Å². The van der Waals surface area contributed by atoms with Gasteiger partial charge in [0.25, 0.3) is 5.56 Å². The molecule has 3 heterocycles. The largest absolute Gasteiger partial charge is 0.380 e. The number of aryl methyl sites for hydroxylation is 1. The molecule has 7 heteroatoms. The van der Waals surface area contributed by atoms with Crippen molar-refractivity contribution < 1.29 is 4.74 Å². The van der Waals surface area contributed by atoms with E-state index >= 15 is 0 Å². The molecule has 3 rings (SSSR count). The van der Waals surface area contributed by atoms with E-state index in [1.165, 1.54) is 0 Å². The van der Waals surface area contributed by atoms with E-state index in [4.69, 9.17) is 4.74 Å². The summed E-state index contributed by atoms with van der Waals surface area (Å²) in [7, 11) is 1.79. The molecule has 1 N–H and O–H groups in total. The monoisotopic (exact) mass is 263 g/mol. The lowest BCUT2D eigenvalue weighted by Gasteiger charge is -2.17. The van der Waals surface area contributed by atoms with Crippen LogP contribution in [0.4, 0.5) is 0 Å². The Kier molecular flexibility index (Phi) is 3.31. The van der Waals surface area contributed by atoms with Crippen LogP contribution in [0.2, 0.25) is 0 Å². The summed E-state index contributed by atoms with van der Waals surface area (Å²) in [6, 6.07) is 0. The van der Waals surface area contributed by atoms with E-state index in [0.29, 0.717) is 23.4 Å². The number of aromatic amines is 1. The SMILES string of the molecule is Cn1ncc2c(=O)[nH]c(CN3CCCOCC3)nc21. The van der Waals surface area contributed by atoms with Crippen molar-refractivity contribution in [3.05, 3.63) is 22.4 Å². The van der Waals surface area contributed by atoms with Gasteiger partial charge >= 0.3 is 0 Å². The Morgan fingerprint density at radius 1 is 1.42 bits per heavy atom. The van der Waals surface area contributed by atoms with E-state index in [1.807, 2.05) is 0 Å². The zero-order valence-corrected chi connectivity index (χ0v) is 10.9. The van der Waals surface area contributed by atoms with Crippen LogP contribution >= 0.6 is 0 Å². The lowest BCUT2D eigenvalue weighted by atomic mass is 10.3. The number of rotatable bonds is 2. The molecule has 2 aromatic heterocycles. The summed E-state index contributed by atoms with van der Waals surface area (Å²) in [6.45, 7) is 4.01. The molecule has 0 aliphatic carbocycles. The lowest BCUT2D eigenvalue weighted by molar-refractivity contribution is 0.140. The minimum absolute atomic E-state index is 0.126. The highest BCUT2D eigenvalue weighted by molar-refractivity contribution is 5.72. The van der Waals surface area contributed by atoms with Gasteiger partial charge < -0.3 is 9.72 Å². The molecule has 1 aliphatic rings. The predicted molar refractivity (Wildman–Crippen MR) is 69.8 cm³/mol. The van der Waals surface area contributed by atoms with Gasteiger partial charge in [0.1, 0.15) is 11.2 Å². The van der Waals surface area contributed by atoms with Crippen molar-refractivity contribution >= 4 is 11.0 Å². The molecule has 7 nitrogen and oxygen atoms in total. The van der Waals surface area contributed by atoms with Crippen LogP contribution in [0, 0.1) is 0 Å². The van der Waals surface area contributed by atoms with Crippen LogP contribution in [0.15, 0.2) is 11.0 Å². The van der Waals surface area contributed by atoms with E-state index in [9.17, 15) is 4.79 Å². The van der Waals surface area contributed by atoms with Gasteiger partial charge in [-0.1, -0.05) is 0 Å². The fourth-order valence-electron chi connectivity index (χ4n) is 2.32. The quantitative estimate of drug-likeness (QED) is 0.817. The molecule has 19 heavy (non-hydrogen) atoms. The van der Waals surface area contributed by atoms with Gasteiger partial charge in [-0.3, -0.25) is 14.4 Å². The predicted octanol–water partition coefficient (Wildman–Crippen LogP) is -0.121. The Bertz CT molecular complexity index is 625.